The van der Waals surface area contributed by atoms with Crippen molar-refractivity contribution in [1.82, 2.24) is 30.7 Å². The van der Waals surface area contributed by atoms with Gasteiger partial charge in [-0.15, -0.1) is 0 Å². The second-order valence-electron chi connectivity index (χ2n) is 30.4. The van der Waals surface area contributed by atoms with Gasteiger partial charge in [0.05, 0.1) is 120 Å². The molecule has 7 rings (SSSR count). The molecule has 116 heavy (non-hydrogen) atoms. The van der Waals surface area contributed by atoms with Crippen molar-refractivity contribution in [2.24, 2.45) is 23.7 Å². The van der Waals surface area contributed by atoms with Crippen LogP contribution < -0.4 is 30.9 Å². The topological polar surface area (TPSA) is 399 Å². The summed E-state index contributed by atoms with van der Waals surface area (Å²) in [6.07, 6.45) is -6.08. The molecule has 31 nitrogen and oxygen atoms in total. The molecule has 15 atom stereocenters. The van der Waals surface area contributed by atoms with Gasteiger partial charge in [-0.25, -0.2) is 9.59 Å². The Bertz CT molecular complexity index is 3850. The number of likely N-dealkylation sites (tertiary alicyclic amines) is 1. The average Bonchev–Trinajstić information content (AvgIpc) is 0.963. The number of likely N-dealkylation sites (N-methyl/N-ethyl adjacent to an activating group) is 2. The first-order chi connectivity index (χ1) is 55.5. The fourth-order valence-corrected chi connectivity index (χ4v) is 14.7. The summed E-state index contributed by atoms with van der Waals surface area (Å²) in [6, 6.07) is 24.7. The third-order valence-corrected chi connectivity index (χ3v) is 21.4. The van der Waals surface area contributed by atoms with E-state index in [1.165, 1.54) is 44.4 Å². The smallest absolute Gasteiger partial charge is 0.410 e. The number of aliphatic hydroxyl groups is 4. The molecule has 9 N–H and O–H groups in total. The van der Waals surface area contributed by atoms with Crippen molar-refractivity contribution in [3.8, 4) is 5.75 Å². The number of hydrogen-bond donors (Lipinski definition) is 9. The van der Waals surface area contributed by atoms with Crippen LogP contribution in [0.4, 0.5) is 16.2 Å². The van der Waals surface area contributed by atoms with Crippen LogP contribution in [0.1, 0.15) is 147 Å². The summed E-state index contributed by atoms with van der Waals surface area (Å²) < 4.78 is 51.6. The fraction of sp³-hybridized carbons (Fsp3) is 0.588. The van der Waals surface area contributed by atoms with Crippen molar-refractivity contribution >= 4 is 76.9 Å². The number of anilines is 2. The van der Waals surface area contributed by atoms with E-state index in [9.17, 15) is 68.7 Å². The predicted octanol–water partition coefficient (Wildman–Crippen LogP) is 6.64. The average molecular weight is 1620 g/mol. The summed E-state index contributed by atoms with van der Waals surface area (Å²) in [7, 11) is 5.90. The van der Waals surface area contributed by atoms with Gasteiger partial charge in [0.2, 0.25) is 47.6 Å². The molecule has 0 spiro atoms. The molecule has 2 saturated heterocycles. The van der Waals surface area contributed by atoms with Gasteiger partial charge in [0.25, 0.3) is 0 Å². The third-order valence-electron chi connectivity index (χ3n) is 21.4. The Morgan fingerprint density at radius 2 is 1.28 bits per heavy atom. The molecule has 0 aliphatic carbocycles. The highest BCUT2D eigenvalue weighted by atomic mass is 16.7. The minimum atomic E-state index is -2.03. The van der Waals surface area contributed by atoms with Gasteiger partial charge in [0.15, 0.2) is 6.10 Å². The molecule has 4 aromatic rings. The standard InChI is InChI=1S/C85H122N8O23/c1-13-54(6)73(66(108-11)49-70(97)92-39-23-30-64(92)78(109-12)55(7)80(102)87-56(8)74(98)59-26-15-14-16-27-59)90(9)82(104)71(52(2)3)89-81(103)72(53(4)5)91(10)85(107)114-51-61-48-62(35-36-65(61)115-84-77(101)75(99)76(100)79(116-84)83(105)106)88-68(95)37-40-110-42-44-112-46-47-113-45-43-111-41-38-86-67(94)31-21-22-32-69(96)93-50-60-28-18-17-24-57(60)33-34-58-25-19-20-29-63(58)93/h14-20,24-29,33-36,48,52-56,64,66,71-79,84,98-101H,13,21-23,30-32,37-47,49-51H2,1-12H3,(H,86,94)(H,87,102)(H,88,95)(H,89,103)(H,105,106)/b34-33-/t54-,55+,56+,64-,66+,71-,72-,73-,74+,75?,76-,77?,78+,79?,84+/m0/s1. The van der Waals surface area contributed by atoms with E-state index in [-0.39, 0.29) is 92.4 Å². The lowest BCUT2D eigenvalue weighted by Crippen LogP contribution is -2.61. The third kappa shape index (κ3) is 27.0. The number of methoxy groups -OCH3 is 2. The summed E-state index contributed by atoms with van der Waals surface area (Å²) in [5.74, 6) is -6.29. The first kappa shape index (κ1) is 94.2. The lowest BCUT2D eigenvalue weighted by Gasteiger charge is -2.41. The van der Waals surface area contributed by atoms with Crippen LogP contribution in [0.3, 0.4) is 0 Å². The number of benzene rings is 4. The molecule has 8 amide bonds. The van der Waals surface area contributed by atoms with Crippen LogP contribution in [0.5, 0.6) is 5.75 Å². The van der Waals surface area contributed by atoms with Gasteiger partial charge >= 0.3 is 12.1 Å². The maximum Gasteiger partial charge on any atom is 0.410 e. The molecule has 0 radical (unpaired) electrons. The zero-order valence-electron chi connectivity index (χ0n) is 68.9. The second kappa shape index (κ2) is 47.4. The van der Waals surface area contributed by atoms with Gasteiger partial charge in [0, 0.05) is 65.5 Å². The number of fused-ring (bicyclic) bond motifs is 2. The van der Waals surface area contributed by atoms with E-state index in [1.807, 2.05) is 79.4 Å². The molecular formula is C85H122N8O23. The van der Waals surface area contributed by atoms with Gasteiger partial charge in [-0.05, 0) is 96.9 Å². The largest absolute Gasteiger partial charge is 0.479 e. The SMILES string of the molecule is CC[C@H](C)[C@@H]([C@@H](CC(=O)N1CCC[C@H]1[C@H](OC)[C@@H](C)C(=O)N[C@H](C)[C@@H](O)c1ccccc1)OC)N(C)C(=O)[C@@H](NC(=O)[C@H](C(C)C)N(C)C(=O)OCc1cc(NC(=O)CCOCCOCCOCCOCCNC(=O)CCCCC(=O)N2Cc3ccccc3/C=C\c3ccccc32)ccc1O[C@@H]1OC(C(=O)O)[C@@H](O)C(O)C1O)C(C)C. The van der Waals surface area contributed by atoms with Gasteiger partial charge in [-0.2, -0.15) is 0 Å². The van der Waals surface area contributed by atoms with E-state index >= 15 is 0 Å². The van der Waals surface area contributed by atoms with Crippen molar-refractivity contribution in [3.05, 3.63) is 125 Å². The number of amides is 8. The molecule has 31 heteroatoms. The summed E-state index contributed by atoms with van der Waals surface area (Å²) in [6.45, 7) is 16.6. The number of carbonyl (C=O) groups is 9. The second-order valence-corrected chi connectivity index (χ2v) is 30.4. The number of rotatable bonds is 46. The van der Waals surface area contributed by atoms with Crippen molar-refractivity contribution in [3.63, 3.8) is 0 Å². The normalized spacial score (nSPS) is 19.9. The molecule has 3 aliphatic rings. The van der Waals surface area contributed by atoms with Crippen molar-refractivity contribution in [1.29, 1.82) is 0 Å². The van der Waals surface area contributed by atoms with Crippen LogP contribution >= 0.6 is 0 Å². The Morgan fingerprint density at radius 1 is 0.655 bits per heavy atom. The van der Waals surface area contributed by atoms with Gasteiger partial charge in [-0.1, -0.05) is 140 Å². The molecule has 3 unspecified atom stereocenters. The van der Waals surface area contributed by atoms with Crippen LogP contribution in [0.15, 0.2) is 97.1 Å². The number of ether oxygens (including phenoxy) is 9. The summed E-state index contributed by atoms with van der Waals surface area (Å²) >= 11 is 0. The van der Waals surface area contributed by atoms with E-state index in [4.69, 9.17) is 42.6 Å². The van der Waals surface area contributed by atoms with E-state index in [2.05, 4.69) is 27.3 Å². The molecule has 640 valence electrons. The number of carbonyl (C=O) groups excluding carboxylic acids is 8. The van der Waals surface area contributed by atoms with Crippen LogP contribution in [-0.2, 0) is 89.4 Å². The number of hydrogen-bond acceptors (Lipinski definition) is 22. The summed E-state index contributed by atoms with van der Waals surface area (Å²) in [5, 5.41) is 64.1. The first-order valence-electron chi connectivity index (χ1n) is 40.1. The highest BCUT2D eigenvalue weighted by Crippen LogP contribution is 2.35. The molecule has 3 aliphatic heterocycles. The lowest BCUT2D eigenvalue weighted by atomic mass is 9.89. The fourth-order valence-electron chi connectivity index (χ4n) is 14.7. The number of carboxylic acids is 1. The number of nitrogens with one attached hydrogen (secondary N) is 4. The molecule has 2 fully saturated rings. The van der Waals surface area contributed by atoms with E-state index in [0.717, 1.165) is 27.3 Å². The lowest BCUT2D eigenvalue weighted by molar-refractivity contribution is -0.271. The minimum absolute atomic E-state index is 0.00411. The molecule has 0 saturated carbocycles. The van der Waals surface area contributed by atoms with Gasteiger partial charge in [0.1, 0.15) is 42.8 Å². The first-order valence-corrected chi connectivity index (χ1v) is 40.1. The maximum atomic E-state index is 15.0. The zero-order valence-corrected chi connectivity index (χ0v) is 68.9. The Kier molecular flexibility index (Phi) is 38.5. The highest BCUT2D eigenvalue weighted by molar-refractivity contribution is 5.97. The Labute approximate surface area is 680 Å². The minimum Gasteiger partial charge on any atom is -0.479 e. The molecular weight excluding hydrogens is 1500 g/mol. The Hall–Kier alpha value is -8.99. The predicted molar refractivity (Wildman–Crippen MR) is 431 cm³/mol. The van der Waals surface area contributed by atoms with Crippen LogP contribution in [0, 0.1) is 23.7 Å². The maximum absolute atomic E-state index is 15.0. The van der Waals surface area contributed by atoms with Gasteiger partial charge < -0.3 is 104 Å². The van der Waals surface area contributed by atoms with Gasteiger partial charge in [-0.3, -0.25) is 38.5 Å². The monoisotopic (exact) mass is 1620 g/mol. The van der Waals surface area contributed by atoms with E-state index in [0.29, 0.717) is 90.0 Å². The van der Waals surface area contributed by atoms with Crippen molar-refractivity contribution < 1.29 is 111 Å². The van der Waals surface area contributed by atoms with Crippen molar-refractivity contribution in [2.75, 3.05) is 104 Å². The number of aliphatic hydroxyl groups excluding tert-OH is 4. The molecule has 3 heterocycles. The van der Waals surface area contributed by atoms with E-state index in [1.54, 1.807) is 77.8 Å². The quantitative estimate of drug-likeness (QED) is 0.0209. The van der Waals surface area contributed by atoms with Crippen LogP contribution in [-0.4, -0.2) is 261 Å². The highest BCUT2D eigenvalue weighted by Gasteiger charge is 2.49. The number of unbranched alkanes of at least 4 members (excludes halogenated alkanes) is 1. The van der Waals surface area contributed by atoms with Crippen LogP contribution in [0.2, 0.25) is 0 Å². The molecule has 0 aromatic heterocycles. The molecule has 0 bridgehead atoms. The number of aliphatic carboxylic acids is 1. The number of carboxylic acid groups (broad SMARTS) is 1. The van der Waals surface area contributed by atoms with Crippen LogP contribution in [0.25, 0.3) is 12.2 Å². The number of nitrogens with zero attached hydrogens (tertiary/aromatic N) is 4. The Morgan fingerprint density at radius 3 is 1.93 bits per heavy atom. The summed E-state index contributed by atoms with van der Waals surface area (Å²) in [4.78, 5) is 130. The Balaban J connectivity index is 0.852. The molecule has 4 aromatic carbocycles. The zero-order chi connectivity index (χ0) is 84.7. The van der Waals surface area contributed by atoms with Crippen molar-refractivity contribution in [2.45, 2.75) is 206 Å². The number of para-hydroxylation sites is 1. The summed E-state index contributed by atoms with van der Waals surface area (Å²) in [5.41, 5.74) is 4.81. The van der Waals surface area contributed by atoms with E-state index < -0.39 is 133 Å².